The summed E-state index contributed by atoms with van der Waals surface area (Å²) in [5.74, 6) is -0.144. The highest BCUT2D eigenvalue weighted by molar-refractivity contribution is 5.97. The number of nitrogens with one attached hydrogen (secondary N) is 1. The molecule has 26 heavy (non-hydrogen) atoms. The molecule has 0 unspecified atom stereocenters. The molecule has 1 N–H and O–H groups in total. The summed E-state index contributed by atoms with van der Waals surface area (Å²) in [6.07, 6.45) is 2.11. The van der Waals surface area contributed by atoms with E-state index < -0.39 is 17.7 Å². The fourth-order valence-electron chi connectivity index (χ4n) is 3.66. The van der Waals surface area contributed by atoms with Gasteiger partial charge in [-0.25, -0.2) is 4.79 Å². The van der Waals surface area contributed by atoms with Gasteiger partial charge in [0.1, 0.15) is 11.6 Å². The first-order valence-corrected chi connectivity index (χ1v) is 9.47. The highest BCUT2D eigenvalue weighted by Crippen LogP contribution is 2.31. The molecule has 2 aliphatic heterocycles. The van der Waals surface area contributed by atoms with E-state index in [0.29, 0.717) is 13.0 Å². The number of carbonyl (C=O) groups excluding carboxylic acids is 2. The molecule has 0 aliphatic carbocycles. The Balaban J connectivity index is 1.69. The molecule has 0 saturated carbocycles. The molecule has 0 bridgehead atoms. The van der Waals surface area contributed by atoms with Crippen LogP contribution in [0.5, 0.6) is 0 Å². The smallest absolute Gasteiger partial charge is 0.410 e. The number of rotatable bonds is 3. The summed E-state index contributed by atoms with van der Waals surface area (Å²) < 4.78 is 5.44. The molecule has 0 aromatic heterocycles. The van der Waals surface area contributed by atoms with Gasteiger partial charge in [0.05, 0.1) is 0 Å². The maximum absolute atomic E-state index is 12.8. The monoisotopic (exact) mass is 359 g/mol. The number of carbonyl (C=O) groups is 2. The lowest BCUT2D eigenvalue weighted by molar-refractivity contribution is -0.120. The molecule has 3 rings (SSSR count). The van der Waals surface area contributed by atoms with E-state index in [9.17, 15) is 9.59 Å². The molecule has 0 radical (unpaired) electrons. The van der Waals surface area contributed by atoms with Crippen LogP contribution >= 0.6 is 0 Å². The van der Waals surface area contributed by atoms with Crippen LogP contribution in [-0.2, 0) is 16.0 Å². The first kappa shape index (κ1) is 18.5. The molecular formula is C20H29N3O3. The van der Waals surface area contributed by atoms with E-state index in [2.05, 4.69) is 23.2 Å². The third-order valence-electron chi connectivity index (χ3n) is 4.91. The molecule has 1 aromatic carbocycles. The Morgan fingerprint density at radius 2 is 2.04 bits per heavy atom. The summed E-state index contributed by atoms with van der Waals surface area (Å²) >= 11 is 0. The molecule has 2 amide bonds. The van der Waals surface area contributed by atoms with Gasteiger partial charge in [-0.2, -0.15) is 0 Å². The van der Waals surface area contributed by atoms with Crippen molar-refractivity contribution in [1.29, 1.82) is 0 Å². The maximum atomic E-state index is 12.8. The summed E-state index contributed by atoms with van der Waals surface area (Å²) in [6, 6.07) is 5.60. The van der Waals surface area contributed by atoms with Crippen molar-refractivity contribution < 1.29 is 14.3 Å². The van der Waals surface area contributed by atoms with Crippen molar-refractivity contribution in [3.05, 3.63) is 23.8 Å². The van der Waals surface area contributed by atoms with Gasteiger partial charge in [-0.3, -0.25) is 9.69 Å². The van der Waals surface area contributed by atoms with Crippen LogP contribution in [-0.4, -0.2) is 48.2 Å². The van der Waals surface area contributed by atoms with E-state index in [-0.39, 0.29) is 5.91 Å². The molecule has 6 heteroatoms. The van der Waals surface area contributed by atoms with Crippen LogP contribution in [0.25, 0.3) is 0 Å². The summed E-state index contributed by atoms with van der Waals surface area (Å²) in [4.78, 5) is 29.0. The van der Waals surface area contributed by atoms with Crippen LogP contribution in [0.4, 0.5) is 16.2 Å². The van der Waals surface area contributed by atoms with Gasteiger partial charge < -0.3 is 15.0 Å². The minimum atomic E-state index is -0.565. The molecule has 6 nitrogen and oxygen atoms in total. The Labute approximate surface area is 155 Å². The molecule has 1 saturated heterocycles. The van der Waals surface area contributed by atoms with Gasteiger partial charge in [0.25, 0.3) is 0 Å². The molecule has 1 aromatic rings. The van der Waals surface area contributed by atoms with Crippen LogP contribution in [0.2, 0.25) is 0 Å². The number of benzene rings is 1. The van der Waals surface area contributed by atoms with E-state index in [1.165, 1.54) is 11.3 Å². The number of fused-ring (bicyclic) bond motifs is 1. The van der Waals surface area contributed by atoms with E-state index in [4.69, 9.17) is 4.74 Å². The van der Waals surface area contributed by atoms with Crippen molar-refractivity contribution >= 4 is 23.4 Å². The number of nitrogens with zero attached hydrogens (tertiary/aromatic N) is 2. The Bertz CT molecular complexity index is 696. The second kappa shape index (κ2) is 7.17. The molecule has 142 valence electrons. The second-order valence-electron chi connectivity index (χ2n) is 7.99. The first-order valence-electron chi connectivity index (χ1n) is 9.47. The predicted molar refractivity (Wildman–Crippen MR) is 103 cm³/mol. The second-order valence-corrected chi connectivity index (χ2v) is 7.99. The van der Waals surface area contributed by atoms with Gasteiger partial charge in [0, 0.05) is 31.0 Å². The van der Waals surface area contributed by atoms with Gasteiger partial charge in [-0.15, -0.1) is 0 Å². The Hall–Kier alpha value is -2.24. The highest BCUT2D eigenvalue weighted by atomic mass is 16.6. The summed E-state index contributed by atoms with van der Waals surface area (Å²) in [7, 11) is 0. The van der Waals surface area contributed by atoms with Crippen LogP contribution in [0.15, 0.2) is 18.2 Å². The Morgan fingerprint density at radius 1 is 1.27 bits per heavy atom. The van der Waals surface area contributed by atoms with Crippen LogP contribution in [0.3, 0.4) is 0 Å². The quantitative estimate of drug-likeness (QED) is 0.898. The van der Waals surface area contributed by atoms with Gasteiger partial charge in [0.15, 0.2) is 0 Å². The van der Waals surface area contributed by atoms with Crippen molar-refractivity contribution in [2.75, 3.05) is 29.9 Å². The number of likely N-dealkylation sites (N-methyl/N-ethyl adjacent to an activating group) is 1. The SMILES string of the molecule is CCN1CCc2ccc(NC(=O)[C@@H]3CCCN3C(=O)OC(C)(C)C)cc21. The standard InChI is InChI=1S/C20H29N3O3/c1-5-22-12-10-14-8-9-15(13-17(14)22)21-18(24)16-7-6-11-23(16)19(25)26-20(2,3)4/h8-9,13,16H,5-7,10-12H2,1-4H3,(H,21,24)/t16-/m0/s1. The lowest BCUT2D eigenvalue weighted by atomic mass is 10.1. The third kappa shape index (κ3) is 3.94. The molecule has 0 spiro atoms. The van der Waals surface area contributed by atoms with Gasteiger partial charge >= 0.3 is 6.09 Å². The zero-order chi connectivity index (χ0) is 18.9. The van der Waals surface area contributed by atoms with Crippen molar-refractivity contribution in [1.82, 2.24) is 4.90 Å². The average Bonchev–Trinajstić information content (AvgIpc) is 3.19. The van der Waals surface area contributed by atoms with E-state index in [1.54, 1.807) is 4.90 Å². The molecule has 1 atom stereocenters. The number of likely N-dealkylation sites (tertiary alicyclic amines) is 1. The van der Waals surface area contributed by atoms with Crippen LogP contribution in [0, 0.1) is 0 Å². The minimum Gasteiger partial charge on any atom is -0.444 e. The van der Waals surface area contributed by atoms with Crippen molar-refractivity contribution in [2.45, 2.75) is 58.6 Å². The van der Waals surface area contributed by atoms with Crippen molar-refractivity contribution in [3.63, 3.8) is 0 Å². The van der Waals surface area contributed by atoms with Gasteiger partial charge in [0.2, 0.25) is 5.91 Å². The number of ether oxygens (including phenoxy) is 1. The van der Waals surface area contributed by atoms with Crippen LogP contribution in [0.1, 0.15) is 46.1 Å². The predicted octanol–water partition coefficient (Wildman–Crippen LogP) is 3.41. The number of hydrogen-bond acceptors (Lipinski definition) is 4. The minimum absolute atomic E-state index is 0.144. The average molecular weight is 359 g/mol. The fourth-order valence-corrected chi connectivity index (χ4v) is 3.66. The van der Waals surface area contributed by atoms with Crippen LogP contribution < -0.4 is 10.2 Å². The molecule has 2 aliphatic rings. The topological polar surface area (TPSA) is 61.9 Å². The number of anilines is 2. The Morgan fingerprint density at radius 3 is 2.73 bits per heavy atom. The zero-order valence-corrected chi connectivity index (χ0v) is 16.2. The lowest BCUT2D eigenvalue weighted by Gasteiger charge is -2.28. The Kier molecular flexibility index (Phi) is 5.12. The number of amides is 2. The third-order valence-corrected chi connectivity index (χ3v) is 4.91. The van der Waals surface area contributed by atoms with Gasteiger partial charge in [-0.1, -0.05) is 6.07 Å². The summed E-state index contributed by atoms with van der Waals surface area (Å²) in [5.41, 5.74) is 2.73. The number of hydrogen-bond donors (Lipinski definition) is 1. The normalized spacial score (nSPS) is 19.5. The lowest BCUT2D eigenvalue weighted by Crippen LogP contribution is -2.45. The summed E-state index contributed by atoms with van der Waals surface area (Å²) in [5, 5.41) is 2.99. The largest absolute Gasteiger partial charge is 0.444 e. The van der Waals surface area contributed by atoms with Crippen molar-refractivity contribution in [3.8, 4) is 0 Å². The highest BCUT2D eigenvalue weighted by Gasteiger charge is 2.36. The van der Waals surface area contributed by atoms with E-state index in [1.807, 2.05) is 32.9 Å². The van der Waals surface area contributed by atoms with E-state index in [0.717, 1.165) is 31.6 Å². The fraction of sp³-hybridized carbons (Fsp3) is 0.600. The molecule has 1 fully saturated rings. The van der Waals surface area contributed by atoms with E-state index >= 15 is 0 Å². The maximum Gasteiger partial charge on any atom is 0.410 e. The zero-order valence-electron chi connectivity index (χ0n) is 16.2. The summed E-state index contributed by atoms with van der Waals surface area (Å²) in [6.45, 7) is 10.2. The molecular weight excluding hydrogens is 330 g/mol. The van der Waals surface area contributed by atoms with Crippen molar-refractivity contribution in [2.24, 2.45) is 0 Å². The van der Waals surface area contributed by atoms with Gasteiger partial charge in [-0.05, 0) is 64.7 Å². The molecule has 2 heterocycles. The first-order chi connectivity index (χ1) is 12.3.